The molecule has 2 aromatic carbocycles. The molecule has 0 saturated heterocycles. The van der Waals surface area contributed by atoms with Gasteiger partial charge < -0.3 is 9.64 Å². The molecular formula is C16H18N2O. The van der Waals surface area contributed by atoms with Crippen molar-refractivity contribution in [2.75, 3.05) is 24.7 Å². The summed E-state index contributed by atoms with van der Waals surface area (Å²) in [6, 6.07) is 12.7. The van der Waals surface area contributed by atoms with Gasteiger partial charge >= 0.3 is 0 Å². The molecule has 3 nitrogen and oxygen atoms in total. The van der Waals surface area contributed by atoms with E-state index in [2.05, 4.69) is 48.2 Å². The van der Waals surface area contributed by atoms with Crippen LogP contribution >= 0.6 is 0 Å². The minimum atomic E-state index is 0.565. The first-order valence-electron chi connectivity index (χ1n) is 6.79. The van der Waals surface area contributed by atoms with Gasteiger partial charge in [0.2, 0.25) is 0 Å². The van der Waals surface area contributed by atoms with Gasteiger partial charge in [-0.25, -0.2) is 4.99 Å². The Morgan fingerprint density at radius 1 is 1.11 bits per heavy atom. The Balaban J connectivity index is 2.17. The highest BCUT2D eigenvalue weighted by atomic mass is 16.5. The van der Waals surface area contributed by atoms with E-state index in [4.69, 9.17) is 9.73 Å². The van der Waals surface area contributed by atoms with E-state index in [-0.39, 0.29) is 0 Å². The molecule has 1 aliphatic rings. The van der Waals surface area contributed by atoms with Gasteiger partial charge in [-0.1, -0.05) is 24.3 Å². The normalized spacial score (nSPS) is 13.8. The van der Waals surface area contributed by atoms with Gasteiger partial charge in [0.05, 0.1) is 11.4 Å². The van der Waals surface area contributed by atoms with E-state index in [9.17, 15) is 0 Å². The van der Waals surface area contributed by atoms with Crippen LogP contribution in [-0.4, -0.2) is 25.6 Å². The molecular weight excluding hydrogens is 236 g/mol. The Morgan fingerprint density at radius 3 is 2.63 bits per heavy atom. The van der Waals surface area contributed by atoms with Gasteiger partial charge in [0.25, 0.3) is 0 Å². The summed E-state index contributed by atoms with van der Waals surface area (Å²) in [6.45, 7) is 6.33. The third kappa shape index (κ3) is 2.00. The van der Waals surface area contributed by atoms with Gasteiger partial charge in [0, 0.05) is 18.5 Å². The van der Waals surface area contributed by atoms with Crippen molar-refractivity contribution in [3.8, 4) is 0 Å². The zero-order valence-corrected chi connectivity index (χ0v) is 11.4. The van der Waals surface area contributed by atoms with Crippen LogP contribution in [0.2, 0.25) is 0 Å². The number of hydrogen-bond donors (Lipinski definition) is 0. The summed E-state index contributed by atoms with van der Waals surface area (Å²) in [6.07, 6.45) is 0. The molecule has 0 fully saturated rings. The molecule has 0 radical (unpaired) electrons. The molecule has 19 heavy (non-hydrogen) atoms. The molecule has 0 saturated carbocycles. The van der Waals surface area contributed by atoms with Crippen LogP contribution in [0.3, 0.4) is 0 Å². The molecule has 1 aliphatic heterocycles. The molecule has 0 aromatic heterocycles. The highest BCUT2D eigenvalue weighted by molar-refractivity contribution is 6.15. The van der Waals surface area contributed by atoms with E-state index >= 15 is 0 Å². The summed E-state index contributed by atoms with van der Waals surface area (Å²) in [5.41, 5.74) is 2.29. The van der Waals surface area contributed by atoms with Crippen molar-refractivity contribution in [2.24, 2.45) is 4.99 Å². The average molecular weight is 254 g/mol. The van der Waals surface area contributed by atoms with Crippen LogP contribution in [-0.2, 0) is 4.74 Å². The number of aliphatic imine (C=N–C) groups is 1. The van der Waals surface area contributed by atoms with Gasteiger partial charge in [-0.15, -0.1) is 0 Å². The Labute approximate surface area is 113 Å². The van der Waals surface area contributed by atoms with E-state index in [0.29, 0.717) is 13.2 Å². The molecule has 98 valence electrons. The quantitative estimate of drug-likeness (QED) is 0.830. The summed E-state index contributed by atoms with van der Waals surface area (Å²) in [4.78, 5) is 7.01. The second-order valence-corrected chi connectivity index (χ2v) is 4.56. The van der Waals surface area contributed by atoms with Gasteiger partial charge in [-0.3, -0.25) is 0 Å². The number of rotatable bonds is 4. The van der Waals surface area contributed by atoms with E-state index in [1.54, 1.807) is 0 Å². The third-order valence-electron chi connectivity index (χ3n) is 3.46. The second kappa shape index (κ2) is 5.02. The number of ether oxygens (including phenoxy) is 1. The monoisotopic (exact) mass is 254 g/mol. The van der Waals surface area contributed by atoms with E-state index in [1.165, 1.54) is 16.5 Å². The summed E-state index contributed by atoms with van der Waals surface area (Å²) in [7, 11) is 0. The first-order valence-corrected chi connectivity index (χ1v) is 6.79. The molecule has 0 unspecified atom stereocenters. The molecule has 0 bridgehead atoms. The van der Waals surface area contributed by atoms with Crippen molar-refractivity contribution in [1.29, 1.82) is 0 Å². The van der Waals surface area contributed by atoms with Crippen molar-refractivity contribution in [3.63, 3.8) is 0 Å². The maximum absolute atomic E-state index is 5.54. The van der Waals surface area contributed by atoms with Crippen LogP contribution in [0.5, 0.6) is 0 Å². The number of amidine groups is 1. The molecule has 2 aromatic rings. The summed E-state index contributed by atoms with van der Waals surface area (Å²) >= 11 is 0. The highest BCUT2D eigenvalue weighted by Gasteiger charge is 2.21. The average Bonchev–Trinajstić information content (AvgIpc) is 2.45. The fourth-order valence-corrected chi connectivity index (χ4v) is 2.61. The van der Waals surface area contributed by atoms with E-state index in [1.807, 2.05) is 6.92 Å². The van der Waals surface area contributed by atoms with Gasteiger partial charge in [-0.05, 0) is 31.4 Å². The van der Waals surface area contributed by atoms with Crippen molar-refractivity contribution < 1.29 is 4.74 Å². The van der Waals surface area contributed by atoms with Crippen molar-refractivity contribution in [1.82, 2.24) is 0 Å². The van der Waals surface area contributed by atoms with Crippen LogP contribution in [0, 0.1) is 0 Å². The summed E-state index contributed by atoms with van der Waals surface area (Å²) in [5, 5.41) is 2.49. The molecule has 1 heterocycles. The lowest BCUT2D eigenvalue weighted by Gasteiger charge is -2.30. The van der Waals surface area contributed by atoms with Crippen LogP contribution in [0.4, 0.5) is 11.4 Å². The number of anilines is 1. The lowest BCUT2D eigenvalue weighted by molar-refractivity contribution is 0.186. The Morgan fingerprint density at radius 2 is 1.89 bits per heavy atom. The van der Waals surface area contributed by atoms with Crippen LogP contribution in [0.15, 0.2) is 41.4 Å². The number of benzene rings is 2. The first-order chi connectivity index (χ1) is 9.35. The number of hydrogen-bond acceptors (Lipinski definition) is 3. The van der Waals surface area contributed by atoms with E-state index < -0.39 is 0 Å². The fourth-order valence-electron chi connectivity index (χ4n) is 2.61. The molecule has 0 N–H and O–H groups in total. The van der Waals surface area contributed by atoms with Crippen LogP contribution in [0.25, 0.3) is 10.8 Å². The fraction of sp³-hybridized carbons (Fsp3) is 0.312. The standard InChI is InChI=1S/C16H18N2O/c1-3-18-14-10-6-8-12-7-5-9-13(16(12)14)17-15(18)11-19-4-2/h5-10H,3-4,11H2,1-2H3. The van der Waals surface area contributed by atoms with Gasteiger partial charge in [-0.2, -0.15) is 0 Å². The van der Waals surface area contributed by atoms with Gasteiger partial charge in [0.1, 0.15) is 12.4 Å². The smallest absolute Gasteiger partial charge is 0.135 e. The van der Waals surface area contributed by atoms with Gasteiger partial charge in [0.15, 0.2) is 0 Å². The summed E-state index contributed by atoms with van der Waals surface area (Å²) in [5.74, 6) is 0.996. The number of nitrogens with zero attached hydrogens (tertiary/aromatic N) is 2. The largest absolute Gasteiger partial charge is 0.374 e. The Hall–Kier alpha value is -1.87. The molecule has 0 aliphatic carbocycles. The van der Waals surface area contributed by atoms with Crippen LogP contribution < -0.4 is 4.90 Å². The molecule has 0 atom stereocenters. The molecule has 0 amide bonds. The minimum Gasteiger partial charge on any atom is -0.374 e. The summed E-state index contributed by atoms with van der Waals surface area (Å²) < 4.78 is 5.54. The van der Waals surface area contributed by atoms with Crippen molar-refractivity contribution in [3.05, 3.63) is 36.4 Å². The number of likely N-dealkylation sites (N-methyl/N-ethyl adjacent to an activating group) is 1. The lowest BCUT2D eigenvalue weighted by atomic mass is 10.0. The third-order valence-corrected chi connectivity index (χ3v) is 3.46. The Kier molecular flexibility index (Phi) is 3.22. The SMILES string of the molecule is CCOCC1=Nc2cccc3cccc(c23)N1CC. The Bertz CT molecular complexity index is 628. The van der Waals surface area contributed by atoms with Crippen LogP contribution in [0.1, 0.15) is 13.8 Å². The molecule has 0 spiro atoms. The first kappa shape index (κ1) is 12.2. The second-order valence-electron chi connectivity index (χ2n) is 4.56. The topological polar surface area (TPSA) is 24.8 Å². The predicted octanol–water partition coefficient (Wildman–Crippen LogP) is 3.75. The maximum atomic E-state index is 5.54. The minimum absolute atomic E-state index is 0.565. The molecule has 3 rings (SSSR count). The zero-order chi connectivity index (χ0) is 13.2. The van der Waals surface area contributed by atoms with Crippen molar-refractivity contribution >= 4 is 28.0 Å². The molecule has 3 heteroatoms. The lowest BCUT2D eigenvalue weighted by Crippen LogP contribution is -2.35. The van der Waals surface area contributed by atoms with Crippen molar-refractivity contribution in [2.45, 2.75) is 13.8 Å². The zero-order valence-electron chi connectivity index (χ0n) is 11.4. The predicted molar refractivity (Wildman–Crippen MR) is 80.6 cm³/mol. The van der Waals surface area contributed by atoms with E-state index in [0.717, 1.165) is 18.1 Å². The maximum Gasteiger partial charge on any atom is 0.135 e. The highest BCUT2D eigenvalue weighted by Crippen LogP contribution is 2.38.